The highest BCUT2D eigenvalue weighted by Crippen LogP contribution is 2.46. The van der Waals surface area contributed by atoms with E-state index in [2.05, 4.69) is 0 Å². The number of rotatable bonds is 6. The fourth-order valence-corrected chi connectivity index (χ4v) is 4.11. The van der Waals surface area contributed by atoms with Crippen LogP contribution in [-0.4, -0.2) is 24.2 Å². The van der Waals surface area contributed by atoms with E-state index in [-0.39, 0.29) is 0 Å². The van der Waals surface area contributed by atoms with E-state index >= 15 is 0 Å². The molecule has 0 aromatic heterocycles. The number of nitro groups is 1. The van der Waals surface area contributed by atoms with E-state index in [0.29, 0.717) is 6.42 Å². The Kier molecular flexibility index (Phi) is 6.11. The molecule has 0 bridgehead atoms. The molecule has 0 spiro atoms. The van der Waals surface area contributed by atoms with Gasteiger partial charge in [-0.2, -0.15) is 13.2 Å². The Labute approximate surface area is 170 Å². The molecule has 29 heavy (non-hydrogen) atoms. The van der Waals surface area contributed by atoms with E-state index in [1.807, 2.05) is 0 Å². The number of alkyl halides is 3. The van der Waals surface area contributed by atoms with E-state index in [4.69, 9.17) is 15.4 Å². The molecule has 2 unspecified atom stereocenters. The molecule has 0 fully saturated rings. The molecule has 2 rings (SSSR count). The summed E-state index contributed by atoms with van der Waals surface area (Å²) in [7, 11) is 0.937. The molecular weight excluding hydrogens is 435 g/mol. The first-order valence-corrected chi connectivity index (χ1v) is 10.9. The van der Waals surface area contributed by atoms with E-state index in [0.717, 1.165) is 24.3 Å². The van der Waals surface area contributed by atoms with Crippen molar-refractivity contribution < 1.29 is 31.2 Å². The molecule has 0 aliphatic heterocycles. The fraction of sp³-hybridized carbons (Fsp3) is 0.444. The van der Waals surface area contributed by atoms with Crippen LogP contribution in [0.25, 0.3) is 0 Å². The molecule has 6 nitrogen and oxygen atoms in total. The van der Waals surface area contributed by atoms with Gasteiger partial charge in [0, 0.05) is 22.2 Å². The number of para-hydroxylation sites is 1. The lowest BCUT2D eigenvalue weighted by molar-refractivity contribution is -0.427. The van der Waals surface area contributed by atoms with E-state index in [9.17, 15) is 31.7 Å². The summed E-state index contributed by atoms with van der Waals surface area (Å²) in [6.45, 7) is 5.03. The normalized spacial score (nSPS) is 22.9. The first kappa shape index (κ1) is 23.2. The largest absolute Gasteiger partial charge is 0.478 e. The Morgan fingerprint density at radius 3 is 2.34 bits per heavy atom. The number of nitrogens with zero attached hydrogens (tertiary/aromatic N) is 1. The van der Waals surface area contributed by atoms with Gasteiger partial charge in [0.15, 0.2) is 10.9 Å². The smallest absolute Gasteiger partial charge is 0.419 e. The van der Waals surface area contributed by atoms with Crippen molar-refractivity contribution in [2.24, 2.45) is 5.41 Å². The average molecular weight is 454 g/mol. The highest BCUT2D eigenvalue weighted by molar-refractivity contribution is 8.14. The monoisotopic (exact) mass is 453 g/mol. The SMILES string of the molecule is CCC(C)(C)C1(Oc2ccccc2C(F)(F)F)C=CC(S(=O)(=O)Cl)C([N+](=O)[O-])=C1. The zero-order valence-electron chi connectivity index (χ0n) is 15.7. The fourth-order valence-electron chi connectivity index (χ4n) is 2.94. The highest BCUT2D eigenvalue weighted by Gasteiger charge is 2.51. The van der Waals surface area contributed by atoms with Crippen LogP contribution in [0.4, 0.5) is 13.2 Å². The Hall–Kier alpha value is -2.07. The van der Waals surface area contributed by atoms with Gasteiger partial charge in [0.1, 0.15) is 5.75 Å². The summed E-state index contributed by atoms with van der Waals surface area (Å²) in [5.74, 6) is -0.530. The van der Waals surface area contributed by atoms with Gasteiger partial charge in [-0.25, -0.2) is 8.42 Å². The summed E-state index contributed by atoms with van der Waals surface area (Å²) in [5.41, 5.74) is -4.50. The molecular formula is C18H19ClF3NO5S. The maximum Gasteiger partial charge on any atom is 0.419 e. The second-order valence-corrected chi connectivity index (χ2v) is 9.96. The van der Waals surface area contributed by atoms with E-state index in [1.54, 1.807) is 20.8 Å². The Balaban J connectivity index is 2.73. The first-order valence-electron chi connectivity index (χ1n) is 8.50. The Morgan fingerprint density at radius 1 is 1.28 bits per heavy atom. The molecule has 0 radical (unpaired) electrons. The van der Waals surface area contributed by atoms with Gasteiger partial charge < -0.3 is 4.74 Å². The van der Waals surface area contributed by atoms with Gasteiger partial charge in [-0.1, -0.05) is 39.0 Å². The molecule has 0 saturated carbocycles. The molecule has 1 aliphatic carbocycles. The van der Waals surface area contributed by atoms with Crippen molar-refractivity contribution in [2.45, 2.75) is 44.2 Å². The van der Waals surface area contributed by atoms with Crippen molar-refractivity contribution in [2.75, 3.05) is 0 Å². The summed E-state index contributed by atoms with van der Waals surface area (Å²) in [4.78, 5) is 10.6. The summed E-state index contributed by atoms with van der Waals surface area (Å²) < 4.78 is 69.5. The Morgan fingerprint density at radius 2 is 1.86 bits per heavy atom. The molecule has 0 amide bonds. The van der Waals surface area contributed by atoms with E-state index in [1.165, 1.54) is 18.2 Å². The van der Waals surface area contributed by atoms with Gasteiger partial charge in [-0.15, -0.1) is 0 Å². The molecule has 11 heteroatoms. The van der Waals surface area contributed by atoms with Crippen molar-refractivity contribution in [1.82, 2.24) is 0 Å². The molecule has 1 aromatic rings. The lowest BCUT2D eigenvalue weighted by Gasteiger charge is -2.44. The predicted octanol–water partition coefficient (Wildman–Crippen LogP) is 4.93. The van der Waals surface area contributed by atoms with Crippen molar-refractivity contribution in [1.29, 1.82) is 0 Å². The number of hydrogen-bond donors (Lipinski definition) is 0. The number of halogens is 4. The summed E-state index contributed by atoms with van der Waals surface area (Å²) in [6, 6.07) is 4.47. The summed E-state index contributed by atoms with van der Waals surface area (Å²) >= 11 is 0. The van der Waals surface area contributed by atoms with Crippen LogP contribution >= 0.6 is 10.7 Å². The van der Waals surface area contributed by atoms with Gasteiger partial charge in [-0.05, 0) is 24.6 Å². The molecule has 1 aromatic carbocycles. The number of benzene rings is 1. The van der Waals surface area contributed by atoms with Crippen LogP contribution in [-0.2, 0) is 15.2 Å². The van der Waals surface area contributed by atoms with Crippen LogP contribution in [0.5, 0.6) is 5.75 Å². The second-order valence-electron chi connectivity index (χ2n) is 7.21. The van der Waals surface area contributed by atoms with Crippen LogP contribution < -0.4 is 4.74 Å². The maximum absolute atomic E-state index is 13.4. The van der Waals surface area contributed by atoms with E-state index < -0.39 is 53.4 Å². The third-order valence-electron chi connectivity index (χ3n) is 5.10. The van der Waals surface area contributed by atoms with Gasteiger partial charge in [0.05, 0.1) is 10.5 Å². The minimum atomic E-state index is -4.72. The molecule has 1 aliphatic rings. The minimum Gasteiger partial charge on any atom is -0.478 e. The van der Waals surface area contributed by atoms with Crippen LogP contribution in [0.2, 0.25) is 0 Å². The molecule has 2 atom stereocenters. The van der Waals surface area contributed by atoms with Crippen LogP contribution in [0.15, 0.2) is 48.2 Å². The van der Waals surface area contributed by atoms with Gasteiger partial charge >= 0.3 is 6.18 Å². The molecule has 160 valence electrons. The number of hydrogen-bond acceptors (Lipinski definition) is 5. The zero-order chi connectivity index (χ0) is 22.3. The van der Waals surface area contributed by atoms with Gasteiger partial charge in [0.2, 0.25) is 9.05 Å². The summed E-state index contributed by atoms with van der Waals surface area (Å²) in [6.07, 6.45) is -1.22. The van der Waals surface area contributed by atoms with Crippen LogP contribution in [0.3, 0.4) is 0 Å². The van der Waals surface area contributed by atoms with Gasteiger partial charge in [0.25, 0.3) is 5.70 Å². The molecule has 0 saturated heterocycles. The Bertz CT molecular complexity index is 972. The standard InChI is InChI=1S/C18H19ClF3NO5S/c1-4-16(2,3)17(28-14-8-6-5-7-12(14)18(20,21)22)10-9-15(29(19,26)27)13(11-17)23(24)25/h5-11,15H,4H2,1-3H3. The van der Waals surface area contributed by atoms with Crippen molar-refractivity contribution in [3.63, 3.8) is 0 Å². The third-order valence-corrected chi connectivity index (χ3v) is 6.68. The third kappa shape index (κ3) is 4.58. The zero-order valence-corrected chi connectivity index (χ0v) is 17.3. The van der Waals surface area contributed by atoms with Crippen LogP contribution in [0, 0.1) is 15.5 Å². The maximum atomic E-state index is 13.4. The van der Waals surface area contributed by atoms with Crippen molar-refractivity contribution in [3.05, 3.63) is 63.9 Å². The topological polar surface area (TPSA) is 86.5 Å². The molecule has 0 N–H and O–H groups in total. The van der Waals surface area contributed by atoms with Gasteiger partial charge in [-0.3, -0.25) is 10.1 Å². The highest BCUT2D eigenvalue weighted by atomic mass is 35.7. The molecule has 0 heterocycles. The lowest BCUT2D eigenvalue weighted by Crippen LogP contribution is -2.49. The van der Waals surface area contributed by atoms with Crippen molar-refractivity contribution in [3.8, 4) is 5.75 Å². The van der Waals surface area contributed by atoms with Crippen LogP contribution in [0.1, 0.15) is 32.8 Å². The quantitative estimate of drug-likeness (QED) is 0.264. The number of ether oxygens (including phenoxy) is 1. The first-order chi connectivity index (χ1) is 13.1. The predicted molar refractivity (Wildman–Crippen MR) is 102 cm³/mol. The van der Waals surface area contributed by atoms with Crippen molar-refractivity contribution >= 4 is 19.7 Å². The lowest BCUT2D eigenvalue weighted by atomic mass is 9.70. The summed E-state index contributed by atoms with van der Waals surface area (Å²) in [5, 5.41) is 9.79. The average Bonchev–Trinajstić information content (AvgIpc) is 2.60. The second kappa shape index (κ2) is 7.64. The minimum absolute atomic E-state index is 0.352.